The number of benzene rings is 1. The van der Waals surface area contributed by atoms with Crippen LogP contribution >= 0.6 is 0 Å². The Morgan fingerprint density at radius 3 is 2.47 bits per heavy atom. The number of nitrogen functional groups attached to an aromatic ring is 1. The first-order chi connectivity index (χ1) is 14.5. The molecule has 160 valence electrons. The van der Waals surface area contributed by atoms with Crippen LogP contribution in [0.3, 0.4) is 0 Å². The first kappa shape index (κ1) is 21.7. The largest absolute Gasteiger partial charge is 0.382 e. The second-order valence-electron chi connectivity index (χ2n) is 7.16. The van der Waals surface area contributed by atoms with Crippen molar-refractivity contribution in [1.29, 1.82) is 0 Å². The van der Waals surface area contributed by atoms with Crippen LogP contribution in [0.4, 0.5) is 10.6 Å². The Morgan fingerprint density at radius 1 is 1.07 bits per heavy atom. The molecule has 1 unspecified atom stereocenters. The highest BCUT2D eigenvalue weighted by atomic mass is 32.2. The Balaban J connectivity index is 1.42. The quantitative estimate of drug-likeness (QED) is 0.527. The fourth-order valence-electron chi connectivity index (χ4n) is 3.25. The summed E-state index contributed by atoms with van der Waals surface area (Å²) in [5.41, 5.74) is 6.62. The van der Waals surface area contributed by atoms with Crippen molar-refractivity contribution in [2.45, 2.75) is 49.5 Å². The molecule has 1 heterocycles. The zero-order valence-electron chi connectivity index (χ0n) is 16.6. The zero-order chi connectivity index (χ0) is 21.3. The van der Waals surface area contributed by atoms with E-state index in [-0.39, 0.29) is 23.5 Å². The molecule has 3 rings (SSSR count). The maximum Gasteiger partial charge on any atom is 0.327 e. The average Bonchev–Trinajstić information content (AvgIpc) is 2.75. The summed E-state index contributed by atoms with van der Waals surface area (Å²) < 4.78 is 14.8. The molecule has 1 fully saturated rings. The predicted octanol–water partition coefficient (Wildman–Crippen LogP) is 1.69. The lowest BCUT2D eigenvalue weighted by atomic mass is 9.96. The van der Waals surface area contributed by atoms with Crippen molar-refractivity contribution in [3.8, 4) is 0 Å². The number of carbonyl (C=O) groups is 2. The molecule has 10 heteroatoms. The molecule has 1 aromatic carbocycles. The van der Waals surface area contributed by atoms with Gasteiger partial charge in [0.15, 0.2) is 11.0 Å². The van der Waals surface area contributed by atoms with Crippen molar-refractivity contribution in [1.82, 2.24) is 25.3 Å². The molecule has 9 nitrogen and oxygen atoms in total. The van der Waals surface area contributed by atoms with Crippen molar-refractivity contribution in [3.05, 3.63) is 47.9 Å². The van der Waals surface area contributed by atoms with E-state index < -0.39 is 17.0 Å². The first-order valence-electron chi connectivity index (χ1n) is 9.95. The minimum atomic E-state index is -1.62. The van der Waals surface area contributed by atoms with Crippen LogP contribution < -0.4 is 21.1 Å². The number of anilines is 1. The summed E-state index contributed by atoms with van der Waals surface area (Å²) in [4.78, 5) is 32.3. The second kappa shape index (κ2) is 10.7. The van der Waals surface area contributed by atoms with Crippen LogP contribution in [0.1, 0.15) is 48.2 Å². The van der Waals surface area contributed by atoms with Gasteiger partial charge in [-0.2, -0.15) is 0 Å². The summed E-state index contributed by atoms with van der Waals surface area (Å²) in [6.07, 6.45) is 8.62. The van der Waals surface area contributed by atoms with Gasteiger partial charge >= 0.3 is 6.03 Å². The Morgan fingerprint density at radius 2 is 1.80 bits per heavy atom. The number of hydrogen-bond acceptors (Lipinski definition) is 6. The van der Waals surface area contributed by atoms with Crippen LogP contribution in [0, 0.1) is 0 Å². The molecule has 1 aliphatic carbocycles. The lowest BCUT2D eigenvalue weighted by molar-refractivity contribution is 0.0948. The van der Waals surface area contributed by atoms with Crippen molar-refractivity contribution in [3.63, 3.8) is 0 Å². The predicted molar refractivity (Wildman–Crippen MR) is 114 cm³/mol. The van der Waals surface area contributed by atoms with Gasteiger partial charge in [-0.3, -0.25) is 9.52 Å². The molecule has 2 aromatic rings. The van der Waals surface area contributed by atoms with E-state index in [1.165, 1.54) is 18.8 Å². The maximum atomic E-state index is 12.4. The van der Waals surface area contributed by atoms with Crippen LogP contribution in [0.15, 0.2) is 41.6 Å². The molecule has 0 aliphatic heterocycles. The Hall–Kier alpha value is -3.01. The van der Waals surface area contributed by atoms with E-state index in [2.05, 4.69) is 25.3 Å². The fourth-order valence-corrected chi connectivity index (χ4v) is 3.98. The number of carbonyl (C=O) groups excluding carboxylic acids is 2. The molecule has 30 heavy (non-hydrogen) atoms. The van der Waals surface area contributed by atoms with Gasteiger partial charge in [-0.05, 0) is 37.0 Å². The molecule has 3 amide bonds. The highest BCUT2D eigenvalue weighted by molar-refractivity contribution is 7.83. The molecule has 0 bridgehead atoms. The van der Waals surface area contributed by atoms with Gasteiger partial charge in [-0.25, -0.2) is 19.0 Å². The van der Waals surface area contributed by atoms with Crippen molar-refractivity contribution < 1.29 is 13.8 Å². The summed E-state index contributed by atoms with van der Waals surface area (Å²) in [5, 5.41) is 5.65. The van der Waals surface area contributed by atoms with Gasteiger partial charge in [0.25, 0.3) is 5.91 Å². The van der Waals surface area contributed by atoms with Crippen LogP contribution in [-0.4, -0.2) is 38.7 Å². The van der Waals surface area contributed by atoms with Gasteiger partial charge in [0.1, 0.15) is 11.5 Å². The number of hydrogen-bond donors (Lipinski definition) is 4. The van der Waals surface area contributed by atoms with Gasteiger partial charge in [-0.1, -0.05) is 31.4 Å². The lowest BCUT2D eigenvalue weighted by Crippen LogP contribution is -2.43. The van der Waals surface area contributed by atoms with Crippen LogP contribution in [0.2, 0.25) is 0 Å². The molecule has 1 saturated carbocycles. The normalized spacial score (nSPS) is 15.2. The fraction of sp³-hybridized carbons (Fsp3) is 0.400. The van der Waals surface area contributed by atoms with E-state index in [0.29, 0.717) is 17.9 Å². The summed E-state index contributed by atoms with van der Waals surface area (Å²) in [7, 11) is -1.62. The zero-order valence-corrected chi connectivity index (χ0v) is 17.4. The number of urea groups is 1. The van der Waals surface area contributed by atoms with Gasteiger partial charge in [0, 0.05) is 12.6 Å². The van der Waals surface area contributed by atoms with E-state index in [9.17, 15) is 13.8 Å². The van der Waals surface area contributed by atoms with E-state index in [1.54, 1.807) is 12.1 Å². The summed E-state index contributed by atoms with van der Waals surface area (Å²) in [6, 6.07) is 6.82. The molecule has 0 spiro atoms. The molecule has 1 aliphatic rings. The highest BCUT2D eigenvalue weighted by Crippen LogP contribution is 2.17. The summed E-state index contributed by atoms with van der Waals surface area (Å²) in [6.45, 7) is 0.412. The number of nitrogens with zero attached hydrogens (tertiary/aromatic N) is 2. The molecule has 1 atom stereocenters. The Kier molecular flexibility index (Phi) is 7.72. The third-order valence-corrected chi connectivity index (χ3v) is 5.94. The third-order valence-electron chi connectivity index (χ3n) is 4.87. The van der Waals surface area contributed by atoms with Crippen LogP contribution in [0.5, 0.6) is 0 Å². The monoisotopic (exact) mass is 430 g/mol. The molecular formula is C20H26N6O3S. The van der Waals surface area contributed by atoms with Crippen LogP contribution in [0.25, 0.3) is 0 Å². The van der Waals surface area contributed by atoms with Gasteiger partial charge in [-0.15, -0.1) is 0 Å². The molecule has 5 N–H and O–H groups in total. The Bertz CT molecular complexity index is 882. The van der Waals surface area contributed by atoms with Gasteiger partial charge < -0.3 is 16.4 Å². The first-order valence-corrected chi connectivity index (χ1v) is 11.1. The highest BCUT2D eigenvalue weighted by Gasteiger charge is 2.17. The van der Waals surface area contributed by atoms with E-state index in [4.69, 9.17) is 5.73 Å². The molecule has 1 aromatic heterocycles. The van der Waals surface area contributed by atoms with Crippen LogP contribution in [-0.2, 0) is 17.4 Å². The summed E-state index contributed by atoms with van der Waals surface area (Å²) >= 11 is 0. The van der Waals surface area contributed by atoms with Gasteiger partial charge in [0.05, 0.1) is 17.3 Å². The average molecular weight is 431 g/mol. The van der Waals surface area contributed by atoms with E-state index in [1.807, 2.05) is 12.1 Å². The number of amides is 3. The Labute approximate surface area is 177 Å². The van der Waals surface area contributed by atoms with E-state index in [0.717, 1.165) is 31.2 Å². The smallest absolute Gasteiger partial charge is 0.327 e. The number of rotatable bonds is 7. The number of aromatic nitrogens is 2. The summed E-state index contributed by atoms with van der Waals surface area (Å²) in [5.74, 6) is -0.0709. The maximum absolute atomic E-state index is 12.4. The minimum absolute atomic E-state index is 0.160. The third kappa shape index (κ3) is 6.51. The van der Waals surface area contributed by atoms with Crippen molar-refractivity contribution in [2.24, 2.45) is 0 Å². The topological polar surface area (TPSA) is 139 Å². The number of nitrogens with two attached hydrogens (primary N) is 1. The molecule has 0 radical (unpaired) electrons. The van der Waals surface area contributed by atoms with Gasteiger partial charge in [0.2, 0.25) is 0 Å². The molecular weight excluding hydrogens is 404 g/mol. The van der Waals surface area contributed by atoms with Crippen molar-refractivity contribution >= 4 is 28.7 Å². The standard InChI is InChI=1S/C20H26N6O3S/c21-18-13-23-17(12-24-18)19(27)22-11-10-14-6-8-16(9-7-14)30(29)26-20(28)25-15-4-2-1-3-5-15/h6-9,12-13,15H,1-5,10-11H2,(H2,21,24)(H,22,27)(H2,25,26,28). The van der Waals surface area contributed by atoms with Crippen molar-refractivity contribution in [2.75, 3.05) is 12.3 Å². The second-order valence-corrected chi connectivity index (χ2v) is 8.37. The van der Waals surface area contributed by atoms with E-state index >= 15 is 0 Å². The molecule has 0 saturated heterocycles. The SMILES string of the molecule is Nc1cnc(C(=O)NCCc2ccc(S(=O)NC(=O)NC3CCCCC3)cc2)cn1. The number of nitrogens with one attached hydrogen (secondary N) is 3. The lowest BCUT2D eigenvalue weighted by Gasteiger charge is -2.22. The minimum Gasteiger partial charge on any atom is -0.382 e.